The van der Waals surface area contributed by atoms with Gasteiger partial charge in [0.15, 0.2) is 0 Å². The molecule has 0 unspecified atom stereocenters. The standard InChI is InChI=1S/C42H24N2O/c43-25-26-17-20-28(21-18-26)44-37-22-19-27-9-1-2-10-29(27)41(37)32-23-36-40(24-38(32)44)45-39-16-8-7-15-35(39)42(36)33-13-5-3-11-30(33)31-12-4-6-14-34(31)42/h1-24H. The number of hydrogen-bond donors (Lipinski definition) is 0. The van der Waals surface area contributed by atoms with Crippen LogP contribution in [0.15, 0.2) is 146 Å². The first-order chi connectivity index (χ1) is 22.3. The number of ether oxygens (including phenoxy) is 1. The Balaban J connectivity index is 1.40. The van der Waals surface area contributed by atoms with E-state index in [2.05, 4.69) is 132 Å². The second-order valence-corrected chi connectivity index (χ2v) is 12.0. The molecule has 208 valence electrons. The molecule has 8 aromatic rings. The normalized spacial score (nSPS) is 13.7. The van der Waals surface area contributed by atoms with Gasteiger partial charge in [0.1, 0.15) is 11.5 Å². The van der Waals surface area contributed by atoms with Crippen LogP contribution in [0.2, 0.25) is 0 Å². The number of benzene rings is 7. The predicted molar refractivity (Wildman–Crippen MR) is 180 cm³/mol. The topological polar surface area (TPSA) is 38.0 Å². The van der Waals surface area contributed by atoms with E-state index in [1.165, 1.54) is 43.8 Å². The molecule has 3 heteroatoms. The van der Waals surface area contributed by atoms with Gasteiger partial charge in [-0.25, -0.2) is 0 Å². The van der Waals surface area contributed by atoms with E-state index in [0.717, 1.165) is 39.3 Å². The van der Waals surface area contributed by atoms with Crippen molar-refractivity contribution in [1.82, 2.24) is 4.57 Å². The summed E-state index contributed by atoms with van der Waals surface area (Å²) in [5.74, 6) is 1.73. The predicted octanol–water partition coefficient (Wildman–Crippen LogP) is 10.3. The fourth-order valence-electron chi connectivity index (χ4n) is 8.10. The van der Waals surface area contributed by atoms with Crippen molar-refractivity contribution < 1.29 is 4.74 Å². The summed E-state index contributed by atoms with van der Waals surface area (Å²) in [7, 11) is 0. The van der Waals surface area contributed by atoms with Crippen LogP contribution in [-0.4, -0.2) is 4.57 Å². The molecule has 3 nitrogen and oxygen atoms in total. The molecule has 1 spiro atoms. The first-order valence-electron chi connectivity index (χ1n) is 15.2. The minimum absolute atomic E-state index is 0.529. The molecule has 2 aliphatic rings. The lowest BCUT2D eigenvalue weighted by molar-refractivity contribution is 0.437. The average molecular weight is 573 g/mol. The fraction of sp³-hybridized carbons (Fsp3) is 0.0238. The number of hydrogen-bond acceptors (Lipinski definition) is 2. The molecule has 0 bridgehead atoms. The lowest BCUT2D eigenvalue weighted by Crippen LogP contribution is -2.32. The number of nitrogens with zero attached hydrogens (tertiary/aromatic N) is 2. The first kappa shape index (κ1) is 24.3. The van der Waals surface area contributed by atoms with Crippen LogP contribution in [0.5, 0.6) is 11.5 Å². The van der Waals surface area contributed by atoms with Gasteiger partial charge in [0, 0.05) is 33.7 Å². The maximum Gasteiger partial charge on any atom is 0.134 e. The van der Waals surface area contributed by atoms with Gasteiger partial charge >= 0.3 is 0 Å². The Kier molecular flexibility index (Phi) is 4.72. The second-order valence-electron chi connectivity index (χ2n) is 12.0. The van der Waals surface area contributed by atoms with Crippen molar-refractivity contribution in [3.8, 4) is 34.4 Å². The molecule has 2 heterocycles. The van der Waals surface area contributed by atoms with Crippen LogP contribution in [0.25, 0.3) is 49.4 Å². The SMILES string of the molecule is N#Cc1ccc(-n2c3cc4c(cc3c3c5ccccc5ccc32)C2(c3ccccc3O4)c3ccccc3-c3ccccc32)cc1. The highest BCUT2D eigenvalue weighted by atomic mass is 16.5. The number of fused-ring (bicyclic) bond motifs is 14. The van der Waals surface area contributed by atoms with Gasteiger partial charge in [-0.3, -0.25) is 0 Å². The molecule has 0 saturated heterocycles. The third kappa shape index (κ3) is 3.03. The average Bonchev–Trinajstić information content (AvgIpc) is 3.58. The van der Waals surface area contributed by atoms with Gasteiger partial charge in [-0.2, -0.15) is 5.26 Å². The summed E-state index contributed by atoms with van der Waals surface area (Å²) in [6, 6.07) is 54.0. The zero-order valence-electron chi connectivity index (χ0n) is 24.2. The molecule has 0 fully saturated rings. The third-order valence-electron chi connectivity index (χ3n) is 9.88. The number of rotatable bonds is 1. The van der Waals surface area contributed by atoms with Crippen molar-refractivity contribution in [2.45, 2.75) is 5.41 Å². The van der Waals surface area contributed by atoms with Crippen LogP contribution in [0.4, 0.5) is 0 Å². The highest BCUT2D eigenvalue weighted by Crippen LogP contribution is 2.62. The van der Waals surface area contributed by atoms with E-state index in [0.29, 0.717) is 5.56 Å². The Morgan fingerprint density at radius 3 is 1.96 bits per heavy atom. The molecule has 10 rings (SSSR count). The van der Waals surface area contributed by atoms with Crippen LogP contribution in [0.3, 0.4) is 0 Å². The highest BCUT2D eigenvalue weighted by Gasteiger charge is 2.51. The quantitative estimate of drug-likeness (QED) is 0.196. The van der Waals surface area contributed by atoms with Crippen LogP contribution in [-0.2, 0) is 5.41 Å². The molecule has 1 aliphatic carbocycles. The van der Waals surface area contributed by atoms with E-state index >= 15 is 0 Å². The Bertz CT molecular complexity index is 2540. The van der Waals surface area contributed by atoms with E-state index < -0.39 is 5.41 Å². The summed E-state index contributed by atoms with van der Waals surface area (Å²) < 4.78 is 9.17. The van der Waals surface area contributed by atoms with Gasteiger partial charge in [-0.15, -0.1) is 0 Å². The lowest BCUT2D eigenvalue weighted by atomic mass is 9.66. The van der Waals surface area contributed by atoms with Crippen molar-refractivity contribution in [3.05, 3.63) is 173 Å². The van der Waals surface area contributed by atoms with Gasteiger partial charge in [0.2, 0.25) is 0 Å². The van der Waals surface area contributed by atoms with Crippen molar-refractivity contribution in [2.75, 3.05) is 0 Å². The molecule has 45 heavy (non-hydrogen) atoms. The van der Waals surface area contributed by atoms with Gasteiger partial charge in [-0.1, -0.05) is 97.1 Å². The maximum atomic E-state index is 9.50. The van der Waals surface area contributed by atoms with Gasteiger partial charge in [0.05, 0.1) is 28.1 Å². The fourth-order valence-corrected chi connectivity index (χ4v) is 8.10. The van der Waals surface area contributed by atoms with Crippen LogP contribution >= 0.6 is 0 Å². The summed E-state index contributed by atoms with van der Waals surface area (Å²) in [6.45, 7) is 0. The highest BCUT2D eigenvalue weighted by molar-refractivity contribution is 6.22. The van der Waals surface area contributed by atoms with Crippen LogP contribution < -0.4 is 4.74 Å². The van der Waals surface area contributed by atoms with Crippen molar-refractivity contribution in [1.29, 1.82) is 5.26 Å². The molecular weight excluding hydrogens is 548 g/mol. The van der Waals surface area contributed by atoms with Gasteiger partial charge < -0.3 is 9.30 Å². The molecule has 0 amide bonds. The summed E-state index contributed by atoms with van der Waals surface area (Å²) in [6.07, 6.45) is 0. The smallest absolute Gasteiger partial charge is 0.134 e. The molecule has 0 atom stereocenters. The Hall–Kier alpha value is -6.11. The van der Waals surface area contributed by atoms with Crippen molar-refractivity contribution in [3.63, 3.8) is 0 Å². The largest absolute Gasteiger partial charge is 0.457 e. The summed E-state index contributed by atoms with van der Waals surface area (Å²) in [5.41, 5.74) is 10.7. The molecule has 1 aliphatic heterocycles. The first-order valence-corrected chi connectivity index (χ1v) is 15.2. The van der Waals surface area contributed by atoms with Crippen LogP contribution in [0, 0.1) is 11.3 Å². The van der Waals surface area contributed by atoms with Crippen molar-refractivity contribution >= 4 is 32.6 Å². The third-order valence-corrected chi connectivity index (χ3v) is 9.88. The zero-order chi connectivity index (χ0) is 29.7. The van der Waals surface area contributed by atoms with Crippen molar-refractivity contribution in [2.24, 2.45) is 0 Å². The molecule has 7 aromatic carbocycles. The van der Waals surface area contributed by atoms with E-state index in [1.807, 2.05) is 24.3 Å². The Morgan fingerprint density at radius 2 is 1.20 bits per heavy atom. The zero-order valence-corrected chi connectivity index (χ0v) is 24.2. The number of aromatic nitrogens is 1. The van der Waals surface area contributed by atoms with Crippen LogP contribution in [0.1, 0.15) is 27.8 Å². The summed E-state index contributed by atoms with van der Waals surface area (Å²) in [5, 5.41) is 14.3. The van der Waals surface area contributed by atoms with E-state index in [1.54, 1.807) is 0 Å². The molecule has 0 radical (unpaired) electrons. The Morgan fingerprint density at radius 1 is 0.533 bits per heavy atom. The van der Waals surface area contributed by atoms with Gasteiger partial charge in [0.25, 0.3) is 0 Å². The van der Waals surface area contributed by atoms with E-state index in [9.17, 15) is 5.26 Å². The lowest BCUT2D eigenvalue weighted by Gasteiger charge is -2.39. The molecule has 0 saturated carbocycles. The maximum absolute atomic E-state index is 9.50. The summed E-state index contributed by atoms with van der Waals surface area (Å²) >= 11 is 0. The molecular formula is C42H24N2O. The second kappa shape index (κ2) is 8.72. The molecule has 1 aromatic heterocycles. The minimum Gasteiger partial charge on any atom is -0.457 e. The van der Waals surface area contributed by atoms with E-state index in [-0.39, 0.29) is 0 Å². The Labute approximate surface area is 259 Å². The molecule has 0 N–H and O–H groups in total. The minimum atomic E-state index is -0.529. The summed E-state index contributed by atoms with van der Waals surface area (Å²) in [4.78, 5) is 0. The van der Waals surface area contributed by atoms with E-state index in [4.69, 9.17) is 4.74 Å². The van der Waals surface area contributed by atoms with Gasteiger partial charge in [-0.05, 0) is 75.5 Å². The number of para-hydroxylation sites is 1. The number of nitriles is 1. The monoisotopic (exact) mass is 572 g/mol.